The van der Waals surface area contributed by atoms with Gasteiger partial charge in [-0.15, -0.1) is 0 Å². The fourth-order valence-corrected chi connectivity index (χ4v) is 5.02. The predicted molar refractivity (Wildman–Crippen MR) is 133 cm³/mol. The summed E-state index contributed by atoms with van der Waals surface area (Å²) in [4.78, 5) is 20.1. The molecular weight excluding hydrogens is 456 g/mol. The van der Waals surface area contributed by atoms with Crippen LogP contribution in [0, 0.1) is 0 Å². The summed E-state index contributed by atoms with van der Waals surface area (Å²) in [5.74, 6) is 1.65. The molecule has 1 aromatic carbocycles. The number of pyridine rings is 1. The number of nitrogens with one attached hydrogen (secondary N) is 2. The number of hydrogen-bond acceptors (Lipinski definition) is 7. The van der Waals surface area contributed by atoms with Gasteiger partial charge in [0.25, 0.3) is 5.91 Å². The van der Waals surface area contributed by atoms with Crippen LogP contribution >= 0.6 is 11.6 Å². The van der Waals surface area contributed by atoms with Crippen molar-refractivity contribution >= 4 is 29.1 Å². The largest absolute Gasteiger partial charge is 0.495 e. The number of aromatic nitrogens is 1. The number of carbonyl (C=O) groups excluding carboxylic acids is 1. The van der Waals surface area contributed by atoms with E-state index < -0.39 is 0 Å². The zero-order valence-corrected chi connectivity index (χ0v) is 20.2. The quantitative estimate of drug-likeness (QED) is 0.451. The first kappa shape index (κ1) is 24.6. The molecule has 0 unspecified atom stereocenters. The van der Waals surface area contributed by atoms with E-state index in [0.717, 1.165) is 43.6 Å². The second-order valence-corrected chi connectivity index (χ2v) is 9.45. The Kier molecular flexibility index (Phi) is 8.13. The molecule has 1 aliphatic heterocycles. The lowest BCUT2D eigenvalue weighted by atomic mass is 9.93. The van der Waals surface area contributed by atoms with Gasteiger partial charge in [0.15, 0.2) is 0 Å². The number of hydrogen-bond donors (Lipinski definition) is 4. The summed E-state index contributed by atoms with van der Waals surface area (Å²) in [6.07, 6.45) is 4.56. The van der Waals surface area contributed by atoms with Crippen LogP contribution in [0.15, 0.2) is 30.3 Å². The van der Waals surface area contributed by atoms with E-state index in [1.165, 1.54) is 0 Å². The Bertz CT molecular complexity index is 997. The van der Waals surface area contributed by atoms with Gasteiger partial charge in [0.1, 0.15) is 17.4 Å². The van der Waals surface area contributed by atoms with E-state index in [0.29, 0.717) is 41.5 Å². The fraction of sp³-hybridized carbons (Fsp3) is 0.520. The van der Waals surface area contributed by atoms with Gasteiger partial charge in [0, 0.05) is 19.1 Å². The number of aliphatic hydroxyl groups is 2. The maximum Gasteiger partial charge on any atom is 0.255 e. The Hall–Kier alpha value is -2.55. The highest BCUT2D eigenvalue weighted by Gasteiger charge is 2.27. The normalized spacial score (nSPS) is 22.5. The third-order valence-electron chi connectivity index (χ3n) is 6.72. The standard InChI is InChI=1S/C25H33ClN4O4/c1-34-22-10-4-16(13-21(22)26)14-27-24-20(25(33)28-17-5-7-19(32)8-6-17)9-11-23(29-24)30-12-2-3-18(30)15-31/h4,9-11,13,17-19,31-32H,2-3,5-8,12,14-15H2,1H3,(H,27,29)(H,28,33)/t17?,18-,19?/m0/s1. The number of amides is 1. The van der Waals surface area contributed by atoms with E-state index >= 15 is 0 Å². The van der Waals surface area contributed by atoms with Crippen LogP contribution in [0.1, 0.15) is 54.4 Å². The lowest BCUT2D eigenvalue weighted by Gasteiger charge is -2.27. The second kappa shape index (κ2) is 11.3. The third kappa shape index (κ3) is 5.74. The van der Waals surface area contributed by atoms with Gasteiger partial charge in [-0.3, -0.25) is 4.79 Å². The number of benzene rings is 1. The molecule has 2 fully saturated rings. The highest BCUT2D eigenvalue weighted by molar-refractivity contribution is 6.32. The van der Waals surface area contributed by atoms with Crippen LogP contribution in [0.25, 0.3) is 0 Å². The predicted octanol–water partition coefficient (Wildman–Crippen LogP) is 3.35. The molecule has 0 spiro atoms. The van der Waals surface area contributed by atoms with Gasteiger partial charge in [0.2, 0.25) is 0 Å². The number of ether oxygens (including phenoxy) is 1. The number of anilines is 2. The molecular formula is C25H33ClN4O4. The van der Waals surface area contributed by atoms with E-state index in [1.807, 2.05) is 24.3 Å². The summed E-state index contributed by atoms with van der Waals surface area (Å²) in [5.41, 5.74) is 1.40. The summed E-state index contributed by atoms with van der Waals surface area (Å²) in [6.45, 7) is 1.33. The van der Waals surface area contributed by atoms with Crippen molar-refractivity contribution in [2.75, 3.05) is 30.5 Å². The molecule has 1 aliphatic carbocycles. The Morgan fingerprint density at radius 3 is 2.71 bits per heavy atom. The molecule has 1 amide bonds. The van der Waals surface area contributed by atoms with Crippen molar-refractivity contribution in [1.29, 1.82) is 0 Å². The molecule has 0 bridgehead atoms. The summed E-state index contributed by atoms with van der Waals surface area (Å²) < 4.78 is 5.23. The van der Waals surface area contributed by atoms with Gasteiger partial charge in [-0.2, -0.15) is 0 Å². The summed E-state index contributed by atoms with van der Waals surface area (Å²) in [5, 5.41) is 26.4. The summed E-state index contributed by atoms with van der Waals surface area (Å²) in [6, 6.07) is 9.28. The molecule has 8 nitrogen and oxygen atoms in total. The molecule has 1 aromatic heterocycles. The minimum Gasteiger partial charge on any atom is -0.495 e. The number of rotatable bonds is 8. The van der Waals surface area contributed by atoms with Crippen LogP contribution in [0.3, 0.4) is 0 Å². The van der Waals surface area contributed by atoms with Gasteiger partial charge >= 0.3 is 0 Å². The number of halogens is 1. The number of nitrogens with zero attached hydrogens (tertiary/aromatic N) is 2. The van der Waals surface area contributed by atoms with Gasteiger partial charge in [-0.25, -0.2) is 4.98 Å². The molecule has 184 valence electrons. The van der Waals surface area contributed by atoms with Gasteiger partial charge in [0.05, 0.1) is 36.4 Å². The van der Waals surface area contributed by atoms with Crippen molar-refractivity contribution in [2.45, 2.75) is 63.3 Å². The molecule has 1 saturated heterocycles. The average molecular weight is 489 g/mol. The molecule has 9 heteroatoms. The summed E-state index contributed by atoms with van der Waals surface area (Å²) >= 11 is 6.27. The van der Waals surface area contributed by atoms with Crippen LogP contribution in [0.4, 0.5) is 11.6 Å². The molecule has 34 heavy (non-hydrogen) atoms. The number of methoxy groups -OCH3 is 1. The van der Waals surface area contributed by atoms with Crippen molar-refractivity contribution in [3.63, 3.8) is 0 Å². The molecule has 4 rings (SSSR count). The van der Waals surface area contributed by atoms with E-state index in [-0.39, 0.29) is 30.7 Å². The smallest absolute Gasteiger partial charge is 0.255 e. The second-order valence-electron chi connectivity index (χ2n) is 9.04. The highest BCUT2D eigenvalue weighted by atomic mass is 35.5. The average Bonchev–Trinajstić information content (AvgIpc) is 3.33. The number of carbonyl (C=O) groups is 1. The van der Waals surface area contributed by atoms with Gasteiger partial charge in [-0.1, -0.05) is 17.7 Å². The van der Waals surface area contributed by atoms with E-state index in [2.05, 4.69) is 15.5 Å². The van der Waals surface area contributed by atoms with Crippen molar-refractivity contribution in [1.82, 2.24) is 10.3 Å². The first-order valence-corrected chi connectivity index (χ1v) is 12.3. The molecule has 2 heterocycles. The third-order valence-corrected chi connectivity index (χ3v) is 7.01. The van der Waals surface area contributed by atoms with E-state index in [4.69, 9.17) is 21.3 Å². The molecule has 0 radical (unpaired) electrons. The summed E-state index contributed by atoms with van der Waals surface area (Å²) in [7, 11) is 1.57. The Morgan fingerprint density at radius 1 is 1.21 bits per heavy atom. The minimum atomic E-state index is -0.275. The van der Waals surface area contributed by atoms with Crippen molar-refractivity contribution in [3.05, 3.63) is 46.5 Å². The van der Waals surface area contributed by atoms with Crippen molar-refractivity contribution in [3.8, 4) is 5.75 Å². The first-order valence-electron chi connectivity index (χ1n) is 11.9. The Morgan fingerprint density at radius 2 is 2.00 bits per heavy atom. The zero-order chi connectivity index (χ0) is 24.1. The molecule has 4 N–H and O–H groups in total. The lowest BCUT2D eigenvalue weighted by Crippen LogP contribution is -2.39. The SMILES string of the molecule is COc1ccc(CNc2nc(N3CCC[C@H]3CO)ccc2C(=O)NC2CCC(O)CC2)cc1Cl. The highest BCUT2D eigenvalue weighted by Crippen LogP contribution is 2.29. The van der Waals surface area contributed by atoms with Gasteiger partial charge in [-0.05, 0) is 68.4 Å². The Balaban J connectivity index is 1.55. The lowest BCUT2D eigenvalue weighted by molar-refractivity contribution is 0.0868. The maximum absolute atomic E-state index is 13.2. The van der Waals surface area contributed by atoms with E-state index in [9.17, 15) is 15.0 Å². The van der Waals surface area contributed by atoms with Crippen molar-refractivity contribution < 1.29 is 19.7 Å². The van der Waals surface area contributed by atoms with Crippen LogP contribution < -0.4 is 20.3 Å². The number of aliphatic hydroxyl groups excluding tert-OH is 2. The van der Waals surface area contributed by atoms with E-state index in [1.54, 1.807) is 13.2 Å². The molecule has 2 aliphatic rings. The van der Waals surface area contributed by atoms with Crippen LogP contribution in [0.5, 0.6) is 5.75 Å². The van der Waals surface area contributed by atoms with Crippen LogP contribution in [-0.4, -0.2) is 59.6 Å². The van der Waals surface area contributed by atoms with Crippen LogP contribution in [0.2, 0.25) is 5.02 Å². The van der Waals surface area contributed by atoms with Gasteiger partial charge < -0.3 is 30.5 Å². The monoisotopic (exact) mass is 488 g/mol. The molecule has 1 atom stereocenters. The maximum atomic E-state index is 13.2. The first-order chi connectivity index (χ1) is 16.5. The minimum absolute atomic E-state index is 0.0362. The molecule has 2 aromatic rings. The van der Waals surface area contributed by atoms with Crippen molar-refractivity contribution in [2.24, 2.45) is 0 Å². The fourth-order valence-electron chi connectivity index (χ4n) is 4.74. The van der Waals surface area contributed by atoms with Crippen LogP contribution in [-0.2, 0) is 6.54 Å². The zero-order valence-electron chi connectivity index (χ0n) is 19.5. The molecule has 1 saturated carbocycles. The topological polar surface area (TPSA) is 107 Å². The Labute approximate surface area is 205 Å².